The molecule has 7 heteroatoms. The van der Waals surface area contributed by atoms with E-state index in [2.05, 4.69) is 5.32 Å². The molecule has 2 heterocycles. The molecule has 6 nitrogen and oxygen atoms in total. The molecule has 1 fully saturated rings. The number of fused-ring (bicyclic) bond motifs is 2. The highest BCUT2D eigenvalue weighted by Gasteiger charge is 2.54. The van der Waals surface area contributed by atoms with Gasteiger partial charge in [0.1, 0.15) is 5.75 Å². The summed E-state index contributed by atoms with van der Waals surface area (Å²) in [5, 5.41) is 2.82. The second-order valence-corrected chi connectivity index (χ2v) is 6.29. The summed E-state index contributed by atoms with van der Waals surface area (Å²) in [4.78, 5) is 26.8. The number of hydrogen-bond donors (Lipinski definition) is 1. The van der Waals surface area contributed by atoms with Crippen molar-refractivity contribution < 1.29 is 23.5 Å². The van der Waals surface area contributed by atoms with Gasteiger partial charge in [-0.2, -0.15) is 0 Å². The Hall–Kier alpha value is -3.09. The van der Waals surface area contributed by atoms with E-state index in [0.717, 1.165) is 4.90 Å². The van der Waals surface area contributed by atoms with Crippen molar-refractivity contribution in [2.24, 2.45) is 0 Å². The molecule has 0 bridgehead atoms. The molecule has 0 radical (unpaired) electrons. The zero-order valence-corrected chi connectivity index (χ0v) is 14.1. The standard InChI is InChI=1S/C19H17FN2O4/c1-25-16-7-6-12(10-14(16)20)11-22-17(23)19(21-18(22)24)8-9-26-15-5-3-2-4-13(15)19/h2-7,10H,8-9,11H2,1H3,(H,21,24)/t19-/m1/s1. The number of methoxy groups -OCH3 is 1. The molecular weight excluding hydrogens is 339 g/mol. The first-order chi connectivity index (χ1) is 12.5. The smallest absolute Gasteiger partial charge is 0.325 e. The minimum Gasteiger partial charge on any atom is -0.494 e. The molecule has 2 aliphatic rings. The largest absolute Gasteiger partial charge is 0.494 e. The second kappa shape index (κ2) is 6.01. The van der Waals surface area contributed by atoms with Crippen LogP contribution in [-0.2, 0) is 16.9 Å². The minimum atomic E-state index is -1.13. The van der Waals surface area contributed by atoms with Crippen LogP contribution < -0.4 is 14.8 Å². The SMILES string of the molecule is COc1ccc(CN2C(=O)N[C@@]3(CCOc4ccccc43)C2=O)cc1F. The molecule has 0 aliphatic carbocycles. The molecule has 2 aliphatic heterocycles. The number of rotatable bonds is 3. The first-order valence-electron chi connectivity index (χ1n) is 8.24. The van der Waals surface area contributed by atoms with Gasteiger partial charge < -0.3 is 14.8 Å². The first kappa shape index (κ1) is 16.4. The Morgan fingerprint density at radius 3 is 2.85 bits per heavy atom. The number of halogens is 1. The number of carbonyl (C=O) groups excluding carboxylic acids is 2. The monoisotopic (exact) mass is 356 g/mol. The van der Waals surface area contributed by atoms with Crippen LogP contribution in [0, 0.1) is 5.82 Å². The normalized spacial score (nSPS) is 21.4. The number of carbonyl (C=O) groups is 2. The van der Waals surface area contributed by atoms with Crippen LogP contribution in [0.1, 0.15) is 17.5 Å². The van der Waals surface area contributed by atoms with Gasteiger partial charge in [0, 0.05) is 12.0 Å². The van der Waals surface area contributed by atoms with E-state index in [0.29, 0.717) is 29.9 Å². The number of hydrogen-bond acceptors (Lipinski definition) is 4. The maximum absolute atomic E-state index is 13.9. The summed E-state index contributed by atoms with van der Waals surface area (Å²) in [6.07, 6.45) is 0.349. The van der Waals surface area contributed by atoms with E-state index in [1.165, 1.54) is 19.2 Å². The summed E-state index contributed by atoms with van der Waals surface area (Å²) >= 11 is 0. The van der Waals surface area contributed by atoms with Gasteiger partial charge >= 0.3 is 6.03 Å². The summed E-state index contributed by atoms with van der Waals surface area (Å²) < 4.78 is 24.4. The van der Waals surface area contributed by atoms with E-state index >= 15 is 0 Å². The summed E-state index contributed by atoms with van der Waals surface area (Å²) in [7, 11) is 1.38. The zero-order chi connectivity index (χ0) is 18.3. The molecule has 0 saturated carbocycles. The van der Waals surface area contributed by atoms with E-state index in [4.69, 9.17) is 9.47 Å². The second-order valence-electron chi connectivity index (χ2n) is 6.29. The van der Waals surface area contributed by atoms with Crippen LogP contribution in [0.3, 0.4) is 0 Å². The van der Waals surface area contributed by atoms with Crippen molar-refractivity contribution in [3.63, 3.8) is 0 Å². The predicted molar refractivity (Wildman–Crippen MR) is 90.3 cm³/mol. The van der Waals surface area contributed by atoms with Crippen molar-refractivity contribution in [3.05, 3.63) is 59.4 Å². The van der Waals surface area contributed by atoms with Crippen molar-refractivity contribution in [1.29, 1.82) is 0 Å². The van der Waals surface area contributed by atoms with E-state index in [-0.39, 0.29) is 18.2 Å². The average molecular weight is 356 g/mol. The topological polar surface area (TPSA) is 67.9 Å². The molecule has 1 N–H and O–H groups in total. The maximum atomic E-state index is 13.9. The fraction of sp³-hybridized carbons (Fsp3) is 0.263. The van der Waals surface area contributed by atoms with Gasteiger partial charge in [0.2, 0.25) is 0 Å². The van der Waals surface area contributed by atoms with Gasteiger partial charge in [-0.15, -0.1) is 0 Å². The van der Waals surface area contributed by atoms with Gasteiger partial charge in [-0.25, -0.2) is 9.18 Å². The maximum Gasteiger partial charge on any atom is 0.325 e. The van der Waals surface area contributed by atoms with Crippen LogP contribution in [-0.4, -0.2) is 30.6 Å². The summed E-state index contributed by atoms with van der Waals surface area (Å²) in [5.41, 5.74) is 0.0222. The number of nitrogens with one attached hydrogen (secondary N) is 1. The molecule has 2 aromatic rings. The molecule has 2 aromatic carbocycles. The van der Waals surface area contributed by atoms with E-state index in [9.17, 15) is 14.0 Å². The Bertz CT molecular complexity index is 901. The van der Waals surface area contributed by atoms with Gasteiger partial charge in [-0.1, -0.05) is 24.3 Å². The summed E-state index contributed by atoms with van der Waals surface area (Å²) in [6.45, 7) is 0.310. The van der Waals surface area contributed by atoms with E-state index in [1.54, 1.807) is 24.3 Å². The molecule has 1 saturated heterocycles. The lowest BCUT2D eigenvalue weighted by molar-refractivity contribution is -0.133. The van der Waals surface area contributed by atoms with Gasteiger partial charge in [-0.05, 0) is 23.8 Å². The average Bonchev–Trinajstić information content (AvgIpc) is 2.87. The highest BCUT2D eigenvalue weighted by atomic mass is 19.1. The van der Waals surface area contributed by atoms with Crippen LogP contribution in [0.25, 0.3) is 0 Å². The number of amides is 3. The van der Waals surface area contributed by atoms with Crippen LogP contribution in [0.2, 0.25) is 0 Å². The van der Waals surface area contributed by atoms with Crippen molar-refractivity contribution >= 4 is 11.9 Å². The summed E-state index contributed by atoms with van der Waals surface area (Å²) in [5.74, 6) is -0.192. The highest BCUT2D eigenvalue weighted by Crippen LogP contribution is 2.41. The third-order valence-corrected chi connectivity index (χ3v) is 4.81. The molecule has 134 valence electrons. The lowest BCUT2D eigenvalue weighted by atomic mass is 9.84. The van der Waals surface area contributed by atoms with Crippen molar-refractivity contribution in [1.82, 2.24) is 10.2 Å². The lowest BCUT2D eigenvalue weighted by Gasteiger charge is -2.33. The van der Waals surface area contributed by atoms with Gasteiger partial charge in [-0.3, -0.25) is 9.69 Å². The van der Waals surface area contributed by atoms with Crippen molar-refractivity contribution in [2.75, 3.05) is 13.7 Å². The fourth-order valence-electron chi connectivity index (χ4n) is 3.51. The number of imide groups is 1. The Labute approximate surface area is 149 Å². The number of ether oxygens (including phenoxy) is 2. The fourth-order valence-corrected chi connectivity index (χ4v) is 3.51. The number of benzene rings is 2. The third-order valence-electron chi connectivity index (χ3n) is 4.81. The van der Waals surface area contributed by atoms with Crippen LogP contribution in [0.5, 0.6) is 11.5 Å². The van der Waals surface area contributed by atoms with Crippen LogP contribution >= 0.6 is 0 Å². The first-order valence-corrected chi connectivity index (χ1v) is 8.24. The molecule has 1 spiro atoms. The number of nitrogens with zero attached hydrogens (tertiary/aromatic N) is 1. The highest BCUT2D eigenvalue weighted by molar-refractivity contribution is 6.07. The summed E-state index contributed by atoms with van der Waals surface area (Å²) in [6, 6.07) is 11.0. The van der Waals surface area contributed by atoms with E-state index < -0.39 is 17.4 Å². The van der Waals surface area contributed by atoms with Gasteiger partial charge in [0.05, 0.1) is 20.3 Å². The molecule has 4 rings (SSSR count). The predicted octanol–water partition coefficient (Wildman–Crippen LogP) is 2.56. The third kappa shape index (κ3) is 2.39. The van der Waals surface area contributed by atoms with Crippen molar-refractivity contribution in [3.8, 4) is 11.5 Å². The molecule has 3 amide bonds. The van der Waals surface area contributed by atoms with Crippen LogP contribution in [0.15, 0.2) is 42.5 Å². The molecular formula is C19H17FN2O4. The van der Waals surface area contributed by atoms with Crippen molar-refractivity contribution in [2.45, 2.75) is 18.5 Å². The van der Waals surface area contributed by atoms with E-state index in [1.807, 2.05) is 6.07 Å². The zero-order valence-electron chi connectivity index (χ0n) is 14.1. The lowest BCUT2D eigenvalue weighted by Crippen LogP contribution is -2.47. The molecule has 26 heavy (non-hydrogen) atoms. The molecule has 0 unspecified atom stereocenters. The van der Waals surface area contributed by atoms with Crippen LogP contribution in [0.4, 0.5) is 9.18 Å². The number of urea groups is 1. The molecule has 0 aromatic heterocycles. The Morgan fingerprint density at radius 2 is 2.08 bits per heavy atom. The Morgan fingerprint density at radius 1 is 1.27 bits per heavy atom. The Kier molecular flexibility index (Phi) is 3.79. The Balaban J connectivity index is 1.66. The number of para-hydroxylation sites is 1. The molecule has 1 atom stereocenters. The minimum absolute atomic E-state index is 0.0175. The quantitative estimate of drug-likeness (QED) is 0.859. The van der Waals surface area contributed by atoms with Gasteiger partial charge in [0.25, 0.3) is 5.91 Å². The van der Waals surface area contributed by atoms with Gasteiger partial charge in [0.15, 0.2) is 17.1 Å².